The number of carbonyl (C=O) groups is 1. The maximum Gasteiger partial charge on any atom is 0.317 e. The van der Waals surface area contributed by atoms with E-state index in [-0.39, 0.29) is 23.9 Å². The molecule has 0 saturated carbocycles. The minimum atomic E-state index is -0.291. The first-order chi connectivity index (χ1) is 10.9. The van der Waals surface area contributed by atoms with Gasteiger partial charge in [-0.25, -0.2) is 9.18 Å². The van der Waals surface area contributed by atoms with Crippen LogP contribution in [0.25, 0.3) is 0 Å². The van der Waals surface area contributed by atoms with Crippen molar-refractivity contribution in [3.8, 4) is 0 Å². The van der Waals surface area contributed by atoms with Gasteiger partial charge in [-0.3, -0.25) is 4.90 Å². The van der Waals surface area contributed by atoms with Crippen molar-refractivity contribution in [2.24, 2.45) is 0 Å². The van der Waals surface area contributed by atoms with E-state index in [9.17, 15) is 9.18 Å². The summed E-state index contributed by atoms with van der Waals surface area (Å²) in [6, 6.07) is 6.31. The first kappa shape index (κ1) is 17.7. The summed E-state index contributed by atoms with van der Waals surface area (Å²) in [6.45, 7) is 8.19. The van der Waals surface area contributed by atoms with Gasteiger partial charge < -0.3 is 15.0 Å². The standard InChI is InChI=1S/C17H26FN3O2/c1-17(2,21-8-10-23-11-9-21)13-19-16(22)20(3)12-14-6-4-5-7-15(14)18/h4-7H,8-13H2,1-3H3,(H,19,22). The Kier molecular flexibility index (Phi) is 5.96. The molecular formula is C17H26FN3O2. The first-order valence-corrected chi connectivity index (χ1v) is 7.95. The molecule has 0 aromatic heterocycles. The fraction of sp³-hybridized carbons (Fsp3) is 0.588. The van der Waals surface area contributed by atoms with Gasteiger partial charge in [0.25, 0.3) is 0 Å². The average Bonchev–Trinajstić information content (AvgIpc) is 2.55. The second-order valence-electron chi connectivity index (χ2n) is 6.52. The number of rotatable bonds is 5. The van der Waals surface area contributed by atoms with Crippen LogP contribution < -0.4 is 5.32 Å². The number of hydrogen-bond acceptors (Lipinski definition) is 3. The number of benzene rings is 1. The molecule has 1 aliphatic rings. The number of urea groups is 1. The minimum Gasteiger partial charge on any atom is -0.379 e. The Balaban J connectivity index is 1.84. The molecule has 1 heterocycles. The van der Waals surface area contributed by atoms with Crippen LogP contribution in [0.3, 0.4) is 0 Å². The van der Waals surface area contributed by atoms with Crippen LogP contribution in [0.2, 0.25) is 0 Å². The molecule has 0 bridgehead atoms. The molecule has 23 heavy (non-hydrogen) atoms. The largest absolute Gasteiger partial charge is 0.379 e. The normalized spacial score (nSPS) is 16.2. The first-order valence-electron chi connectivity index (χ1n) is 7.95. The van der Waals surface area contributed by atoms with E-state index in [1.165, 1.54) is 11.0 Å². The zero-order valence-electron chi connectivity index (χ0n) is 14.1. The van der Waals surface area contributed by atoms with Crippen LogP contribution in [0.15, 0.2) is 24.3 Å². The highest BCUT2D eigenvalue weighted by molar-refractivity contribution is 5.73. The van der Waals surface area contributed by atoms with E-state index in [2.05, 4.69) is 24.1 Å². The van der Waals surface area contributed by atoms with Crippen molar-refractivity contribution in [1.82, 2.24) is 15.1 Å². The third-order valence-electron chi connectivity index (χ3n) is 4.25. The van der Waals surface area contributed by atoms with Gasteiger partial charge in [0.05, 0.1) is 13.2 Å². The summed E-state index contributed by atoms with van der Waals surface area (Å²) in [5.74, 6) is -0.291. The zero-order chi connectivity index (χ0) is 16.9. The molecule has 1 N–H and O–H groups in total. The monoisotopic (exact) mass is 323 g/mol. The van der Waals surface area contributed by atoms with E-state index in [4.69, 9.17) is 4.74 Å². The highest BCUT2D eigenvalue weighted by atomic mass is 19.1. The van der Waals surface area contributed by atoms with Crippen LogP contribution >= 0.6 is 0 Å². The Morgan fingerprint density at radius 1 is 1.35 bits per heavy atom. The third-order valence-corrected chi connectivity index (χ3v) is 4.25. The molecule has 2 amide bonds. The maximum atomic E-state index is 13.7. The molecule has 0 radical (unpaired) electrons. The SMILES string of the molecule is CN(Cc1ccccc1F)C(=O)NCC(C)(C)N1CCOCC1. The van der Waals surface area contributed by atoms with Crippen molar-refractivity contribution >= 4 is 6.03 Å². The molecule has 1 saturated heterocycles. The number of hydrogen-bond donors (Lipinski definition) is 1. The lowest BCUT2D eigenvalue weighted by atomic mass is 10.0. The van der Waals surface area contributed by atoms with Crippen molar-refractivity contribution in [3.05, 3.63) is 35.6 Å². The second-order valence-corrected chi connectivity index (χ2v) is 6.52. The van der Waals surface area contributed by atoms with Gasteiger partial charge in [0.2, 0.25) is 0 Å². The molecule has 5 nitrogen and oxygen atoms in total. The number of carbonyl (C=O) groups excluding carboxylic acids is 1. The summed E-state index contributed by atoms with van der Waals surface area (Å²) < 4.78 is 19.0. The highest BCUT2D eigenvalue weighted by Gasteiger charge is 2.29. The van der Waals surface area contributed by atoms with E-state index >= 15 is 0 Å². The van der Waals surface area contributed by atoms with Crippen molar-refractivity contribution in [2.45, 2.75) is 25.9 Å². The summed E-state index contributed by atoms with van der Waals surface area (Å²) in [4.78, 5) is 16.0. The fourth-order valence-electron chi connectivity index (χ4n) is 2.66. The lowest BCUT2D eigenvalue weighted by molar-refractivity contribution is -0.00900. The van der Waals surface area contributed by atoms with Gasteiger partial charge in [0.15, 0.2) is 0 Å². The molecule has 0 atom stereocenters. The summed E-state index contributed by atoms with van der Waals surface area (Å²) in [5, 5.41) is 2.94. The molecule has 0 unspecified atom stereocenters. The van der Waals surface area contributed by atoms with Crippen LogP contribution in [0.1, 0.15) is 19.4 Å². The maximum absolute atomic E-state index is 13.7. The van der Waals surface area contributed by atoms with Gasteiger partial charge >= 0.3 is 6.03 Å². The topological polar surface area (TPSA) is 44.8 Å². The van der Waals surface area contributed by atoms with Crippen molar-refractivity contribution in [2.75, 3.05) is 39.9 Å². The molecule has 2 rings (SSSR count). The molecule has 128 valence electrons. The smallest absolute Gasteiger partial charge is 0.317 e. The number of ether oxygens (including phenoxy) is 1. The lowest BCUT2D eigenvalue weighted by Crippen LogP contribution is -2.56. The van der Waals surface area contributed by atoms with E-state index < -0.39 is 0 Å². The van der Waals surface area contributed by atoms with E-state index in [0.717, 1.165) is 26.3 Å². The van der Waals surface area contributed by atoms with Crippen LogP contribution in [0.4, 0.5) is 9.18 Å². The van der Waals surface area contributed by atoms with Crippen molar-refractivity contribution in [3.63, 3.8) is 0 Å². The Labute approximate surface area is 137 Å². The Morgan fingerprint density at radius 2 is 2.00 bits per heavy atom. The average molecular weight is 323 g/mol. The summed E-state index contributed by atoms with van der Waals surface area (Å²) in [5.41, 5.74) is 0.371. The number of halogens is 1. The Hall–Kier alpha value is -1.66. The Morgan fingerprint density at radius 3 is 2.65 bits per heavy atom. The third kappa shape index (κ3) is 4.91. The van der Waals surface area contributed by atoms with Gasteiger partial charge in [-0.1, -0.05) is 18.2 Å². The van der Waals surface area contributed by atoms with E-state index in [1.807, 2.05) is 0 Å². The number of nitrogens with one attached hydrogen (secondary N) is 1. The van der Waals surface area contributed by atoms with Gasteiger partial charge in [0, 0.05) is 44.3 Å². The summed E-state index contributed by atoms with van der Waals surface area (Å²) in [6.07, 6.45) is 0. The summed E-state index contributed by atoms with van der Waals surface area (Å²) >= 11 is 0. The highest BCUT2D eigenvalue weighted by Crippen LogP contribution is 2.15. The van der Waals surface area contributed by atoms with Gasteiger partial charge in [-0.2, -0.15) is 0 Å². The quantitative estimate of drug-likeness (QED) is 0.902. The molecule has 1 aromatic carbocycles. The zero-order valence-corrected chi connectivity index (χ0v) is 14.1. The van der Waals surface area contributed by atoms with Gasteiger partial charge in [-0.15, -0.1) is 0 Å². The predicted molar refractivity (Wildman–Crippen MR) is 87.7 cm³/mol. The number of morpholine rings is 1. The number of amides is 2. The molecular weight excluding hydrogens is 297 g/mol. The molecule has 0 spiro atoms. The molecule has 0 aliphatic carbocycles. The minimum absolute atomic E-state index is 0.141. The van der Waals surface area contributed by atoms with Crippen LogP contribution in [0.5, 0.6) is 0 Å². The van der Waals surface area contributed by atoms with Crippen molar-refractivity contribution < 1.29 is 13.9 Å². The Bertz CT molecular complexity index is 530. The fourth-order valence-corrected chi connectivity index (χ4v) is 2.66. The molecule has 6 heteroatoms. The van der Waals surface area contributed by atoms with Crippen molar-refractivity contribution in [1.29, 1.82) is 0 Å². The lowest BCUT2D eigenvalue weighted by Gasteiger charge is -2.41. The predicted octanol–water partition coefficient (Wildman–Crippen LogP) is 2.08. The van der Waals surface area contributed by atoms with E-state index in [0.29, 0.717) is 12.1 Å². The molecule has 1 fully saturated rings. The molecule has 1 aliphatic heterocycles. The molecule has 1 aromatic rings. The van der Waals surface area contributed by atoms with Crippen LogP contribution in [-0.2, 0) is 11.3 Å². The summed E-state index contributed by atoms with van der Waals surface area (Å²) in [7, 11) is 1.67. The second kappa shape index (κ2) is 7.75. The van der Waals surface area contributed by atoms with Crippen LogP contribution in [0, 0.1) is 5.82 Å². The van der Waals surface area contributed by atoms with E-state index in [1.54, 1.807) is 25.2 Å². The van der Waals surface area contributed by atoms with Gasteiger partial charge in [0.1, 0.15) is 5.82 Å². The number of nitrogens with zero attached hydrogens (tertiary/aromatic N) is 2. The van der Waals surface area contributed by atoms with Crippen LogP contribution in [-0.4, -0.2) is 61.3 Å². The van der Waals surface area contributed by atoms with Gasteiger partial charge in [-0.05, 0) is 19.9 Å².